The Balaban J connectivity index is 2.54. The minimum Gasteiger partial charge on any atom is -0.276 e. The lowest BCUT2D eigenvalue weighted by molar-refractivity contribution is 1.01. The Bertz CT molecular complexity index is 983. The predicted molar refractivity (Wildman–Crippen MR) is 101 cm³/mol. The molecular formula is C20H18BrNO. The van der Waals surface area contributed by atoms with Crippen molar-refractivity contribution in [3.63, 3.8) is 0 Å². The van der Waals surface area contributed by atoms with Gasteiger partial charge in [-0.1, -0.05) is 46.3 Å². The van der Waals surface area contributed by atoms with Gasteiger partial charge in [0.1, 0.15) is 0 Å². The Morgan fingerprint density at radius 1 is 1.09 bits per heavy atom. The molecule has 2 aromatic carbocycles. The van der Waals surface area contributed by atoms with Crippen LogP contribution in [0.1, 0.15) is 23.6 Å². The number of aryl methyl sites for hydroxylation is 1. The molecule has 0 spiro atoms. The Hall–Kier alpha value is -2.13. The van der Waals surface area contributed by atoms with Gasteiger partial charge < -0.3 is 0 Å². The van der Waals surface area contributed by atoms with Crippen LogP contribution in [0.15, 0.2) is 57.8 Å². The van der Waals surface area contributed by atoms with Gasteiger partial charge in [0.15, 0.2) is 0 Å². The number of allylic oxidation sites excluding steroid dienone is 1. The average Bonchev–Trinajstić information content (AvgIpc) is 2.54. The summed E-state index contributed by atoms with van der Waals surface area (Å²) in [5.41, 5.74) is 4.71. The zero-order valence-corrected chi connectivity index (χ0v) is 15.0. The second-order valence-electron chi connectivity index (χ2n) is 5.63. The smallest absolute Gasteiger partial charge is 0.259 e. The van der Waals surface area contributed by atoms with Crippen molar-refractivity contribution in [2.24, 2.45) is 0 Å². The summed E-state index contributed by atoms with van der Waals surface area (Å²) >= 11 is 3.54. The van der Waals surface area contributed by atoms with E-state index in [0.717, 1.165) is 37.8 Å². The maximum absolute atomic E-state index is 13.0. The van der Waals surface area contributed by atoms with Gasteiger partial charge in [-0.05, 0) is 56.2 Å². The number of halogens is 1. The Morgan fingerprint density at radius 3 is 2.52 bits per heavy atom. The van der Waals surface area contributed by atoms with Crippen molar-refractivity contribution in [2.45, 2.75) is 20.8 Å². The normalized spacial score (nSPS) is 11.5. The molecule has 3 heteroatoms. The highest BCUT2D eigenvalue weighted by molar-refractivity contribution is 9.10. The maximum atomic E-state index is 13.0. The molecule has 0 saturated carbocycles. The van der Waals surface area contributed by atoms with Crippen LogP contribution in [0.3, 0.4) is 0 Å². The van der Waals surface area contributed by atoms with Gasteiger partial charge in [-0.25, -0.2) is 0 Å². The monoisotopic (exact) mass is 367 g/mol. The molecular weight excluding hydrogens is 350 g/mol. The fraction of sp³-hybridized carbons (Fsp3) is 0.150. The first-order chi connectivity index (χ1) is 11.0. The predicted octanol–water partition coefficient (Wildman–Crippen LogP) is 5.40. The molecule has 0 N–H and O–H groups in total. The molecule has 1 heterocycles. The van der Waals surface area contributed by atoms with Gasteiger partial charge in [0.25, 0.3) is 5.56 Å². The zero-order chi connectivity index (χ0) is 16.6. The van der Waals surface area contributed by atoms with E-state index in [1.54, 1.807) is 0 Å². The first kappa shape index (κ1) is 15.8. The third-order valence-electron chi connectivity index (χ3n) is 4.11. The molecule has 3 aromatic rings. The molecule has 0 bridgehead atoms. The zero-order valence-electron chi connectivity index (χ0n) is 13.4. The van der Waals surface area contributed by atoms with E-state index in [1.807, 2.05) is 73.9 Å². The highest BCUT2D eigenvalue weighted by Crippen LogP contribution is 2.27. The third-order valence-corrected chi connectivity index (χ3v) is 4.60. The number of benzene rings is 2. The van der Waals surface area contributed by atoms with Crippen LogP contribution in [-0.4, -0.2) is 4.57 Å². The van der Waals surface area contributed by atoms with E-state index in [4.69, 9.17) is 0 Å². The van der Waals surface area contributed by atoms with Crippen LogP contribution in [0.2, 0.25) is 0 Å². The van der Waals surface area contributed by atoms with Crippen molar-refractivity contribution in [3.8, 4) is 5.69 Å². The number of pyridine rings is 1. The minimum absolute atomic E-state index is 0.0298. The van der Waals surface area contributed by atoms with Crippen molar-refractivity contribution < 1.29 is 0 Å². The minimum atomic E-state index is 0.0298. The van der Waals surface area contributed by atoms with Crippen molar-refractivity contribution in [1.82, 2.24) is 4.57 Å². The van der Waals surface area contributed by atoms with E-state index in [9.17, 15) is 4.79 Å². The summed E-state index contributed by atoms with van der Waals surface area (Å²) in [5.74, 6) is 0. The van der Waals surface area contributed by atoms with E-state index in [0.29, 0.717) is 0 Å². The highest BCUT2D eigenvalue weighted by atomic mass is 79.9. The Kier molecular flexibility index (Phi) is 4.22. The molecule has 0 amide bonds. The SMILES string of the molecule is C/C=C\c1c(C)c(=O)n(-c2ccccc2C)c2ccc(Br)cc12. The molecule has 2 nitrogen and oxygen atoms in total. The summed E-state index contributed by atoms with van der Waals surface area (Å²) in [6, 6.07) is 14.0. The van der Waals surface area contributed by atoms with Crippen LogP contribution >= 0.6 is 15.9 Å². The number of fused-ring (bicyclic) bond motifs is 1. The van der Waals surface area contributed by atoms with Crippen molar-refractivity contribution >= 4 is 32.9 Å². The van der Waals surface area contributed by atoms with Gasteiger partial charge in [-0.3, -0.25) is 9.36 Å². The summed E-state index contributed by atoms with van der Waals surface area (Å²) in [4.78, 5) is 13.0. The number of rotatable bonds is 2. The number of hydrogen-bond acceptors (Lipinski definition) is 1. The lowest BCUT2D eigenvalue weighted by atomic mass is 10.0. The van der Waals surface area contributed by atoms with E-state index >= 15 is 0 Å². The summed E-state index contributed by atoms with van der Waals surface area (Å²) in [6.07, 6.45) is 3.98. The van der Waals surface area contributed by atoms with E-state index < -0.39 is 0 Å². The molecule has 0 atom stereocenters. The molecule has 0 aliphatic heterocycles. The number of nitrogens with zero attached hydrogens (tertiary/aromatic N) is 1. The van der Waals surface area contributed by atoms with Crippen LogP contribution in [-0.2, 0) is 0 Å². The van der Waals surface area contributed by atoms with Gasteiger partial charge in [-0.15, -0.1) is 0 Å². The molecule has 116 valence electrons. The van der Waals surface area contributed by atoms with Crippen molar-refractivity contribution in [3.05, 3.63) is 80.1 Å². The lowest BCUT2D eigenvalue weighted by Gasteiger charge is -2.16. The van der Waals surface area contributed by atoms with Gasteiger partial charge >= 0.3 is 0 Å². The van der Waals surface area contributed by atoms with E-state index in [1.165, 1.54) is 0 Å². The average molecular weight is 368 g/mol. The first-order valence-electron chi connectivity index (χ1n) is 7.58. The van der Waals surface area contributed by atoms with E-state index in [-0.39, 0.29) is 5.56 Å². The second-order valence-corrected chi connectivity index (χ2v) is 6.54. The molecule has 1 aromatic heterocycles. The largest absolute Gasteiger partial charge is 0.276 e. The lowest BCUT2D eigenvalue weighted by Crippen LogP contribution is -2.23. The van der Waals surface area contributed by atoms with Crippen LogP contribution in [0.4, 0.5) is 0 Å². The topological polar surface area (TPSA) is 22.0 Å². The molecule has 3 rings (SSSR count). The summed E-state index contributed by atoms with van der Waals surface area (Å²) < 4.78 is 2.82. The first-order valence-corrected chi connectivity index (χ1v) is 8.37. The fourth-order valence-corrected chi connectivity index (χ4v) is 3.31. The number of aromatic nitrogens is 1. The number of hydrogen-bond donors (Lipinski definition) is 0. The Morgan fingerprint density at radius 2 is 1.83 bits per heavy atom. The molecule has 23 heavy (non-hydrogen) atoms. The summed E-state index contributed by atoms with van der Waals surface area (Å²) in [7, 11) is 0. The summed E-state index contributed by atoms with van der Waals surface area (Å²) in [5, 5.41) is 1.07. The molecule has 0 aliphatic carbocycles. The van der Waals surface area contributed by atoms with Gasteiger partial charge in [-0.2, -0.15) is 0 Å². The van der Waals surface area contributed by atoms with Crippen molar-refractivity contribution in [2.75, 3.05) is 0 Å². The fourth-order valence-electron chi connectivity index (χ4n) is 2.95. The molecule has 0 aliphatic rings. The molecule has 0 fully saturated rings. The maximum Gasteiger partial charge on any atom is 0.259 e. The third kappa shape index (κ3) is 2.66. The molecule has 0 saturated heterocycles. The highest BCUT2D eigenvalue weighted by Gasteiger charge is 2.14. The van der Waals surface area contributed by atoms with Crippen LogP contribution in [0.5, 0.6) is 0 Å². The summed E-state index contributed by atoms with van der Waals surface area (Å²) in [6.45, 7) is 5.89. The van der Waals surface area contributed by atoms with Crippen LogP contribution in [0, 0.1) is 13.8 Å². The molecule has 0 unspecified atom stereocenters. The Labute approximate surface area is 144 Å². The number of para-hydroxylation sites is 1. The van der Waals surface area contributed by atoms with Crippen LogP contribution < -0.4 is 5.56 Å². The van der Waals surface area contributed by atoms with Gasteiger partial charge in [0, 0.05) is 15.4 Å². The molecule has 0 radical (unpaired) electrons. The van der Waals surface area contributed by atoms with Crippen molar-refractivity contribution in [1.29, 1.82) is 0 Å². The quantitative estimate of drug-likeness (QED) is 0.593. The van der Waals surface area contributed by atoms with Crippen LogP contribution in [0.25, 0.3) is 22.7 Å². The van der Waals surface area contributed by atoms with Gasteiger partial charge in [0.2, 0.25) is 0 Å². The van der Waals surface area contributed by atoms with Gasteiger partial charge in [0.05, 0.1) is 11.2 Å². The van der Waals surface area contributed by atoms with E-state index in [2.05, 4.69) is 22.0 Å². The standard InChI is InChI=1S/C20H18BrNO/c1-4-7-16-14(3)20(23)22(18-9-6-5-8-13(18)2)19-11-10-15(21)12-17(16)19/h4-12H,1-3H3/b7-4-. The second kappa shape index (κ2) is 6.17.